The number of ketones is 1. The highest BCUT2D eigenvalue weighted by Gasteiger charge is 2.40. The van der Waals surface area contributed by atoms with Gasteiger partial charge in [-0.15, -0.1) is 11.3 Å². The molecule has 0 spiro atoms. The molecule has 0 radical (unpaired) electrons. The first-order valence-electron chi connectivity index (χ1n) is 12.7. The lowest BCUT2D eigenvalue weighted by Gasteiger charge is -2.35. The Kier molecular flexibility index (Phi) is 7.55. The van der Waals surface area contributed by atoms with Crippen molar-refractivity contribution in [2.75, 3.05) is 11.5 Å². The molecular formula is C29H30N2O5S. The van der Waals surface area contributed by atoms with E-state index in [2.05, 4.69) is 5.32 Å². The molecule has 8 heteroatoms. The van der Waals surface area contributed by atoms with E-state index in [1.165, 1.54) is 29.6 Å². The number of amides is 2. The SMILES string of the molecule is CC(=O)c1ccc(N(C(=O)[C@@H]2COc3ccccc3O2)[C@@H](C(=O)NC2CCCCC2)c2cccs2)cc1. The number of hydrogen-bond donors (Lipinski definition) is 1. The second-order valence-corrected chi connectivity index (χ2v) is 10.4. The number of rotatable bonds is 7. The average molecular weight is 519 g/mol. The van der Waals surface area contributed by atoms with Crippen molar-refractivity contribution in [3.63, 3.8) is 0 Å². The van der Waals surface area contributed by atoms with E-state index in [1.54, 1.807) is 36.4 Å². The monoisotopic (exact) mass is 518 g/mol. The van der Waals surface area contributed by atoms with Crippen LogP contribution in [0.1, 0.15) is 60.3 Å². The summed E-state index contributed by atoms with van der Waals surface area (Å²) in [7, 11) is 0. The Hall–Kier alpha value is -3.65. The van der Waals surface area contributed by atoms with Crippen LogP contribution in [0.3, 0.4) is 0 Å². The lowest BCUT2D eigenvalue weighted by atomic mass is 9.95. The van der Waals surface area contributed by atoms with Gasteiger partial charge in [0.2, 0.25) is 12.0 Å². The number of hydrogen-bond acceptors (Lipinski definition) is 6. The van der Waals surface area contributed by atoms with Crippen molar-refractivity contribution in [3.05, 3.63) is 76.5 Å². The Labute approximate surface area is 220 Å². The molecule has 1 aliphatic carbocycles. The second kappa shape index (κ2) is 11.2. The van der Waals surface area contributed by atoms with Crippen molar-refractivity contribution in [2.45, 2.75) is 57.2 Å². The molecule has 0 unspecified atom stereocenters. The Balaban J connectivity index is 1.52. The minimum absolute atomic E-state index is 0.0271. The summed E-state index contributed by atoms with van der Waals surface area (Å²) in [5.41, 5.74) is 1.04. The van der Waals surface area contributed by atoms with Crippen molar-refractivity contribution in [1.29, 1.82) is 0 Å². The Morgan fingerprint density at radius 2 is 1.68 bits per heavy atom. The van der Waals surface area contributed by atoms with E-state index in [-0.39, 0.29) is 30.2 Å². The second-order valence-electron chi connectivity index (χ2n) is 9.44. The highest BCUT2D eigenvalue weighted by atomic mass is 32.1. The summed E-state index contributed by atoms with van der Waals surface area (Å²) in [4.78, 5) is 42.1. The van der Waals surface area contributed by atoms with Crippen LogP contribution in [0.25, 0.3) is 0 Å². The molecule has 37 heavy (non-hydrogen) atoms. The average Bonchev–Trinajstić information content (AvgIpc) is 3.46. The molecule has 0 saturated heterocycles. The highest BCUT2D eigenvalue weighted by Crippen LogP contribution is 2.35. The van der Waals surface area contributed by atoms with Crippen molar-refractivity contribution < 1.29 is 23.9 Å². The standard InChI is InChI=1S/C29H30N2O5S/c1-19(32)20-13-15-22(16-14-20)31(29(34)25-18-35-23-10-5-6-11-24(23)36-25)27(26-12-7-17-37-26)28(33)30-21-8-3-2-4-9-21/h5-7,10-17,21,25,27H,2-4,8-9,18H2,1H3,(H,30,33)/t25-,27+/m0/s1. The molecule has 2 aromatic carbocycles. The molecule has 1 fully saturated rings. The third kappa shape index (κ3) is 5.54. The fourth-order valence-corrected chi connectivity index (χ4v) is 5.72. The molecule has 7 nitrogen and oxygen atoms in total. The van der Waals surface area contributed by atoms with E-state index in [0.29, 0.717) is 22.7 Å². The molecule has 0 bridgehead atoms. The van der Waals surface area contributed by atoms with Gasteiger partial charge in [0.15, 0.2) is 17.3 Å². The predicted molar refractivity (Wildman–Crippen MR) is 142 cm³/mol. The van der Waals surface area contributed by atoms with Gasteiger partial charge in [-0.3, -0.25) is 19.3 Å². The van der Waals surface area contributed by atoms with Crippen molar-refractivity contribution in [2.24, 2.45) is 0 Å². The first kappa shape index (κ1) is 25.0. The van der Waals surface area contributed by atoms with Crippen LogP contribution in [-0.4, -0.2) is 36.4 Å². The highest BCUT2D eigenvalue weighted by molar-refractivity contribution is 7.10. The van der Waals surface area contributed by atoms with Gasteiger partial charge in [-0.25, -0.2) is 0 Å². The number of anilines is 1. The van der Waals surface area contributed by atoms with Gasteiger partial charge in [0.1, 0.15) is 12.6 Å². The zero-order valence-corrected chi connectivity index (χ0v) is 21.5. The molecule has 1 aromatic heterocycles. The smallest absolute Gasteiger partial charge is 0.272 e. The number of Topliss-reactive ketones (excluding diaryl/α,β-unsaturated/α-hetero) is 1. The van der Waals surface area contributed by atoms with E-state index in [0.717, 1.165) is 30.6 Å². The van der Waals surface area contributed by atoms with Crippen molar-refractivity contribution in [3.8, 4) is 11.5 Å². The Morgan fingerprint density at radius 3 is 2.35 bits per heavy atom. The fraction of sp³-hybridized carbons (Fsp3) is 0.345. The summed E-state index contributed by atoms with van der Waals surface area (Å²) in [6, 6.07) is 16.9. The van der Waals surface area contributed by atoms with Crippen LogP contribution in [0.4, 0.5) is 5.69 Å². The first-order chi connectivity index (χ1) is 18.0. The van der Waals surface area contributed by atoms with Gasteiger partial charge in [0, 0.05) is 22.2 Å². The van der Waals surface area contributed by atoms with Crippen LogP contribution in [0.15, 0.2) is 66.0 Å². The van der Waals surface area contributed by atoms with E-state index in [4.69, 9.17) is 9.47 Å². The molecular weight excluding hydrogens is 488 g/mol. The molecule has 192 valence electrons. The summed E-state index contributed by atoms with van der Waals surface area (Å²) in [6.07, 6.45) is 4.26. The molecule has 2 heterocycles. The van der Waals surface area contributed by atoms with Crippen molar-refractivity contribution in [1.82, 2.24) is 5.32 Å². The summed E-state index contributed by atoms with van der Waals surface area (Å²) in [6.45, 7) is 1.52. The molecule has 3 aromatic rings. The number of carbonyl (C=O) groups excluding carboxylic acids is 3. The number of carbonyl (C=O) groups is 3. The van der Waals surface area contributed by atoms with Gasteiger partial charge in [0.25, 0.3) is 5.91 Å². The maximum Gasteiger partial charge on any atom is 0.272 e. The molecule has 2 aliphatic rings. The number of fused-ring (bicyclic) bond motifs is 1. The van der Waals surface area contributed by atoms with Gasteiger partial charge < -0.3 is 14.8 Å². The van der Waals surface area contributed by atoms with E-state index >= 15 is 0 Å². The zero-order valence-electron chi connectivity index (χ0n) is 20.7. The predicted octanol–water partition coefficient (Wildman–Crippen LogP) is 5.31. The third-order valence-corrected chi connectivity index (χ3v) is 7.77. The van der Waals surface area contributed by atoms with Gasteiger partial charge in [-0.2, -0.15) is 0 Å². The summed E-state index contributed by atoms with van der Waals surface area (Å²) in [5.74, 6) is 0.375. The van der Waals surface area contributed by atoms with Gasteiger partial charge >= 0.3 is 0 Å². The van der Waals surface area contributed by atoms with Gasteiger partial charge in [0.05, 0.1) is 0 Å². The summed E-state index contributed by atoms with van der Waals surface area (Å²) in [5, 5.41) is 5.11. The fourth-order valence-electron chi connectivity index (χ4n) is 4.90. The quantitative estimate of drug-likeness (QED) is 0.428. The van der Waals surface area contributed by atoms with E-state index in [1.807, 2.05) is 29.6 Å². The third-order valence-electron chi connectivity index (χ3n) is 6.84. The summed E-state index contributed by atoms with van der Waals surface area (Å²) >= 11 is 1.42. The Morgan fingerprint density at radius 1 is 0.946 bits per heavy atom. The van der Waals surface area contributed by atoms with Crippen LogP contribution >= 0.6 is 11.3 Å². The maximum atomic E-state index is 14.1. The molecule has 1 N–H and O–H groups in total. The number of benzene rings is 2. The number of para-hydroxylation sites is 2. The van der Waals surface area contributed by atoms with Crippen molar-refractivity contribution >= 4 is 34.6 Å². The first-order valence-corrected chi connectivity index (χ1v) is 13.6. The van der Waals surface area contributed by atoms with Crippen LogP contribution in [0.5, 0.6) is 11.5 Å². The normalized spacial score (nSPS) is 18.0. The van der Waals surface area contributed by atoms with E-state index in [9.17, 15) is 14.4 Å². The number of ether oxygens (including phenoxy) is 2. The van der Waals surface area contributed by atoms with Crippen LogP contribution in [0.2, 0.25) is 0 Å². The van der Waals surface area contributed by atoms with Crippen LogP contribution in [0, 0.1) is 0 Å². The van der Waals surface area contributed by atoms with Crippen LogP contribution < -0.4 is 19.7 Å². The van der Waals surface area contributed by atoms with Crippen LogP contribution in [-0.2, 0) is 9.59 Å². The number of thiophene rings is 1. The molecule has 1 aliphatic heterocycles. The summed E-state index contributed by atoms with van der Waals surface area (Å²) < 4.78 is 11.9. The number of nitrogens with one attached hydrogen (secondary N) is 1. The topological polar surface area (TPSA) is 84.9 Å². The molecule has 5 rings (SSSR count). The minimum Gasteiger partial charge on any atom is -0.485 e. The molecule has 2 amide bonds. The van der Waals surface area contributed by atoms with Gasteiger partial charge in [-0.05, 0) is 67.6 Å². The lowest BCUT2D eigenvalue weighted by molar-refractivity contribution is -0.132. The maximum absolute atomic E-state index is 14.1. The Bertz CT molecular complexity index is 1250. The lowest BCUT2D eigenvalue weighted by Crippen LogP contribution is -2.52. The number of nitrogens with zero attached hydrogens (tertiary/aromatic N) is 1. The van der Waals surface area contributed by atoms with Gasteiger partial charge in [-0.1, -0.05) is 37.5 Å². The van der Waals surface area contributed by atoms with E-state index < -0.39 is 12.1 Å². The largest absolute Gasteiger partial charge is 0.485 e. The molecule has 1 saturated carbocycles. The zero-order chi connectivity index (χ0) is 25.8. The molecule has 2 atom stereocenters. The minimum atomic E-state index is -0.938.